The van der Waals surface area contributed by atoms with Crippen LogP contribution in [0, 0.1) is 0 Å². The van der Waals surface area contributed by atoms with Crippen LogP contribution in [-0.2, 0) is 0 Å². The molecule has 30 valence electrons. The fraction of sp³-hybridized carbons (Fsp3) is 0. The van der Waals surface area contributed by atoms with Crippen LogP contribution < -0.4 is -0.342 Å². The molecule has 1 rings (SSSR count). The summed E-state index contributed by atoms with van der Waals surface area (Å²) in [7, 11) is 0. The topological polar surface area (TPSA) is 0 Å². The Balaban J connectivity index is 3.02. The molecule has 0 aliphatic rings. The Morgan fingerprint density at radius 2 is 1.57 bits per heavy atom. The van der Waals surface area contributed by atoms with Crippen molar-refractivity contribution in [2.75, 3.05) is 0 Å². The normalized spacial score (nSPS) is 8.86. The van der Waals surface area contributed by atoms with Crippen molar-refractivity contribution in [3.8, 4) is 0 Å². The minimum absolute atomic E-state index is 0.855. The van der Waals surface area contributed by atoms with Crippen molar-refractivity contribution in [2.45, 2.75) is 0 Å². The molecule has 1 aromatic carbocycles. The average molecular weight is 116 g/mol. The van der Waals surface area contributed by atoms with Gasteiger partial charge in [-0.15, -0.1) is 0 Å². The second kappa shape index (κ2) is 3.00. The Kier molecular flexibility index (Phi) is 2.56. The van der Waals surface area contributed by atoms with Crippen LogP contribution in [0.1, 0.15) is 0 Å². The molecule has 0 aliphatic carbocycles. The van der Waals surface area contributed by atoms with Crippen LogP contribution in [0.15, 0.2) is 30.3 Å². The first-order chi connectivity index (χ1) is 3.39. The van der Waals surface area contributed by atoms with Crippen molar-refractivity contribution in [3.63, 3.8) is 0 Å². The summed E-state index contributed by atoms with van der Waals surface area (Å²) in [6.45, 7) is 0. The first-order valence-corrected chi connectivity index (χ1v) is 3.97. The van der Waals surface area contributed by atoms with E-state index in [1.165, 1.54) is -0.342 Å². The number of benzene rings is 1. The Hall–Kier alpha value is 0.856. The first-order valence-electron chi connectivity index (χ1n) is 2.41. The molecule has 0 nitrogen and oxygen atoms in total. The SMILES string of the molecule is [K][c]1ccccc1. The summed E-state index contributed by atoms with van der Waals surface area (Å²) in [6, 6.07) is 10.6. The zero-order chi connectivity index (χ0) is 5.11. The van der Waals surface area contributed by atoms with E-state index in [2.05, 4.69) is 30.3 Å². The number of hydrogen-bond acceptors (Lipinski definition) is 0. The zero-order valence-corrected chi connectivity index (χ0v) is 7.51. The van der Waals surface area contributed by atoms with Gasteiger partial charge in [-0.05, 0) is 0 Å². The maximum atomic E-state index is 2.17. The van der Waals surface area contributed by atoms with Crippen molar-refractivity contribution < 1.29 is 0 Å². The van der Waals surface area contributed by atoms with Gasteiger partial charge in [0.25, 0.3) is 0 Å². The third-order valence-corrected chi connectivity index (χ3v) is 1.98. The first kappa shape index (κ1) is 5.98. The van der Waals surface area contributed by atoms with Crippen LogP contribution in [0.2, 0.25) is 0 Å². The molecule has 1 heteroatoms. The maximum absolute atomic E-state index is 2.17. The second-order valence-electron chi connectivity index (χ2n) is 1.65. The number of hydrogen-bond donors (Lipinski definition) is 0. The molecule has 0 fully saturated rings. The molecule has 0 atom stereocenters. The van der Waals surface area contributed by atoms with Crippen LogP contribution >= 0.6 is 0 Å². The number of rotatable bonds is 0. The van der Waals surface area contributed by atoms with Crippen LogP contribution in [-0.4, -0.2) is 49.0 Å². The van der Waals surface area contributed by atoms with Gasteiger partial charge < -0.3 is 0 Å². The van der Waals surface area contributed by atoms with E-state index in [0.29, 0.717) is 0 Å². The summed E-state index contributed by atoms with van der Waals surface area (Å²) in [5.41, 5.74) is 0. The monoisotopic (exact) mass is 116 g/mol. The van der Waals surface area contributed by atoms with E-state index < -0.39 is 0 Å². The Bertz CT molecular complexity index is 134. The van der Waals surface area contributed by atoms with Gasteiger partial charge in [0.2, 0.25) is 0 Å². The van der Waals surface area contributed by atoms with Crippen molar-refractivity contribution in [1.82, 2.24) is 0 Å². The Labute approximate surface area is 77.5 Å². The average Bonchev–Trinajstić information content (AvgIpc) is 1.69. The Morgan fingerprint density at radius 1 is 1.00 bits per heavy atom. The van der Waals surface area contributed by atoms with E-state index in [9.17, 15) is 0 Å². The molecule has 0 aliphatic heterocycles. The molecule has 0 amide bonds. The third-order valence-electron chi connectivity index (χ3n) is 0.940. The predicted molar refractivity (Wildman–Crippen MR) is 31.8 cm³/mol. The fourth-order valence-electron chi connectivity index (χ4n) is 0.534. The summed E-state index contributed by atoms with van der Waals surface area (Å²) in [4.78, 5) is 0. The molecule has 0 N–H and O–H groups in total. The molecule has 0 unspecified atom stereocenters. The molecular weight excluding hydrogens is 111 g/mol. The van der Waals surface area contributed by atoms with E-state index in [0.717, 1.165) is 49.0 Å². The summed E-state index contributed by atoms with van der Waals surface area (Å²) >= 11 is 0.855. The molecule has 0 aromatic heterocycles. The predicted octanol–water partition coefficient (Wildman–Crippen LogP) is 0.480. The van der Waals surface area contributed by atoms with Crippen molar-refractivity contribution in [2.24, 2.45) is 0 Å². The van der Waals surface area contributed by atoms with Crippen molar-refractivity contribution in [1.29, 1.82) is 0 Å². The van der Waals surface area contributed by atoms with E-state index >= 15 is 0 Å². The quantitative estimate of drug-likeness (QED) is 0.432. The van der Waals surface area contributed by atoms with Gasteiger partial charge in [0.15, 0.2) is 0 Å². The molecule has 7 heavy (non-hydrogen) atoms. The van der Waals surface area contributed by atoms with Crippen molar-refractivity contribution in [3.05, 3.63) is 30.3 Å². The third kappa shape index (κ3) is 2.06. The van der Waals surface area contributed by atoms with E-state index in [-0.39, 0.29) is 0 Å². The van der Waals surface area contributed by atoms with Gasteiger partial charge in [0, 0.05) is 0 Å². The van der Waals surface area contributed by atoms with Gasteiger partial charge in [-0.1, -0.05) is 0 Å². The summed E-state index contributed by atoms with van der Waals surface area (Å²) in [6.07, 6.45) is 0. The Morgan fingerprint density at radius 3 is 1.86 bits per heavy atom. The molecule has 1 aromatic rings. The molecule has 0 bridgehead atoms. The van der Waals surface area contributed by atoms with Crippen LogP contribution in [0.4, 0.5) is 0 Å². The van der Waals surface area contributed by atoms with Crippen LogP contribution in [0.3, 0.4) is 0 Å². The van der Waals surface area contributed by atoms with Crippen LogP contribution in [0.5, 0.6) is 0 Å². The standard InChI is InChI=1S/C6H5.K/c1-2-4-6-5-3-1;/h1-5H;. The second-order valence-corrected chi connectivity index (χ2v) is 3.46. The molecule has 0 spiro atoms. The van der Waals surface area contributed by atoms with E-state index in [1.54, 1.807) is 0 Å². The molecule has 0 radical (unpaired) electrons. The summed E-state index contributed by atoms with van der Waals surface area (Å²) < 4.78 is 1.51. The van der Waals surface area contributed by atoms with Gasteiger partial charge >= 0.3 is 78.9 Å². The van der Waals surface area contributed by atoms with Gasteiger partial charge in [-0.3, -0.25) is 0 Å². The summed E-state index contributed by atoms with van der Waals surface area (Å²) in [5.74, 6) is 0. The molecule has 0 saturated carbocycles. The van der Waals surface area contributed by atoms with Crippen LogP contribution in [0.25, 0.3) is 0 Å². The van der Waals surface area contributed by atoms with Gasteiger partial charge in [-0.25, -0.2) is 0 Å². The minimum atomic E-state index is 0.855. The molecular formula is C6H5K. The molecule has 0 heterocycles. The fourth-order valence-corrected chi connectivity index (χ4v) is 1.14. The van der Waals surface area contributed by atoms with Gasteiger partial charge in [0.1, 0.15) is 0 Å². The van der Waals surface area contributed by atoms with E-state index in [1.807, 2.05) is 0 Å². The van der Waals surface area contributed by atoms with Gasteiger partial charge in [-0.2, -0.15) is 0 Å². The van der Waals surface area contributed by atoms with Crippen molar-refractivity contribution >= 4 is 48.6 Å². The zero-order valence-electron chi connectivity index (χ0n) is 4.39. The summed E-state index contributed by atoms with van der Waals surface area (Å²) in [5, 5.41) is 0. The van der Waals surface area contributed by atoms with E-state index in [4.69, 9.17) is 0 Å². The molecule has 0 saturated heterocycles. The van der Waals surface area contributed by atoms with Gasteiger partial charge in [0.05, 0.1) is 0 Å².